The van der Waals surface area contributed by atoms with Crippen molar-refractivity contribution in [1.29, 1.82) is 0 Å². The maximum atomic E-state index is 10.9. The average Bonchev–Trinajstić information content (AvgIpc) is 2.12. The Labute approximate surface area is 92.8 Å². The maximum absolute atomic E-state index is 10.9. The smallest absolute Gasteiger partial charge is 0.407 e. The van der Waals surface area contributed by atoms with E-state index in [1.54, 1.807) is 6.92 Å². The van der Waals surface area contributed by atoms with E-state index in [2.05, 4.69) is 31.4 Å². The summed E-state index contributed by atoms with van der Waals surface area (Å²) >= 11 is 0. The molecule has 1 unspecified atom stereocenters. The van der Waals surface area contributed by atoms with E-state index in [0.717, 1.165) is 13.0 Å². The fourth-order valence-corrected chi connectivity index (χ4v) is 1.46. The third-order valence-electron chi connectivity index (χ3n) is 1.99. The Hall–Kier alpha value is -0.770. The predicted octanol–water partition coefficient (Wildman–Crippen LogP) is 1.76. The second-order valence-electron chi connectivity index (χ2n) is 4.13. The minimum Gasteiger partial charge on any atom is -0.450 e. The van der Waals surface area contributed by atoms with E-state index in [0.29, 0.717) is 25.1 Å². The lowest BCUT2D eigenvalue weighted by molar-refractivity contribution is 0.152. The first kappa shape index (κ1) is 14.2. The SMILES string of the molecule is CCOC(=O)NCCNC(C)CC(C)C. The van der Waals surface area contributed by atoms with Gasteiger partial charge in [-0.15, -0.1) is 0 Å². The second kappa shape index (κ2) is 8.53. The number of hydrogen-bond acceptors (Lipinski definition) is 3. The minimum atomic E-state index is -0.337. The molecule has 4 nitrogen and oxygen atoms in total. The highest BCUT2D eigenvalue weighted by Crippen LogP contribution is 2.02. The molecule has 15 heavy (non-hydrogen) atoms. The summed E-state index contributed by atoms with van der Waals surface area (Å²) in [5, 5.41) is 6.01. The third kappa shape index (κ3) is 9.53. The van der Waals surface area contributed by atoms with Crippen LogP contribution < -0.4 is 10.6 Å². The fourth-order valence-electron chi connectivity index (χ4n) is 1.46. The minimum absolute atomic E-state index is 0.337. The monoisotopic (exact) mass is 216 g/mol. The van der Waals surface area contributed by atoms with Crippen molar-refractivity contribution < 1.29 is 9.53 Å². The number of ether oxygens (including phenoxy) is 1. The predicted molar refractivity (Wildman–Crippen MR) is 61.9 cm³/mol. The van der Waals surface area contributed by atoms with Crippen molar-refractivity contribution in [2.45, 2.75) is 40.2 Å². The first-order valence-corrected chi connectivity index (χ1v) is 5.70. The van der Waals surface area contributed by atoms with E-state index in [4.69, 9.17) is 4.74 Å². The third-order valence-corrected chi connectivity index (χ3v) is 1.99. The van der Waals surface area contributed by atoms with Gasteiger partial charge in [-0.2, -0.15) is 0 Å². The molecule has 0 saturated heterocycles. The molecule has 0 saturated carbocycles. The summed E-state index contributed by atoms with van der Waals surface area (Å²) in [6.45, 7) is 10.2. The Bertz CT molecular complexity index is 172. The average molecular weight is 216 g/mol. The summed E-state index contributed by atoms with van der Waals surface area (Å²) in [5.74, 6) is 0.700. The summed E-state index contributed by atoms with van der Waals surface area (Å²) in [4.78, 5) is 10.9. The van der Waals surface area contributed by atoms with Crippen LogP contribution in [-0.2, 0) is 4.74 Å². The molecule has 0 fully saturated rings. The van der Waals surface area contributed by atoms with Crippen LogP contribution in [0.5, 0.6) is 0 Å². The number of carbonyl (C=O) groups excluding carboxylic acids is 1. The van der Waals surface area contributed by atoms with Gasteiger partial charge in [-0.1, -0.05) is 13.8 Å². The second-order valence-corrected chi connectivity index (χ2v) is 4.13. The number of hydrogen-bond donors (Lipinski definition) is 2. The van der Waals surface area contributed by atoms with Crippen LogP contribution in [0.25, 0.3) is 0 Å². The van der Waals surface area contributed by atoms with Crippen molar-refractivity contribution in [3.05, 3.63) is 0 Å². The normalized spacial score (nSPS) is 12.6. The number of alkyl carbamates (subject to hydrolysis) is 1. The van der Waals surface area contributed by atoms with Crippen molar-refractivity contribution in [3.8, 4) is 0 Å². The van der Waals surface area contributed by atoms with E-state index in [9.17, 15) is 4.79 Å². The number of amides is 1. The molecule has 90 valence electrons. The molecule has 1 amide bonds. The largest absolute Gasteiger partial charge is 0.450 e. The van der Waals surface area contributed by atoms with E-state index < -0.39 is 0 Å². The fraction of sp³-hybridized carbons (Fsp3) is 0.909. The lowest BCUT2D eigenvalue weighted by Crippen LogP contribution is -2.36. The molecule has 4 heteroatoms. The van der Waals surface area contributed by atoms with Crippen LogP contribution in [0.3, 0.4) is 0 Å². The van der Waals surface area contributed by atoms with Crippen molar-refractivity contribution in [2.75, 3.05) is 19.7 Å². The molecule has 0 aliphatic heterocycles. The topological polar surface area (TPSA) is 50.4 Å². The van der Waals surface area contributed by atoms with E-state index in [1.807, 2.05) is 0 Å². The molecule has 0 bridgehead atoms. The first-order valence-electron chi connectivity index (χ1n) is 5.70. The molecular weight excluding hydrogens is 192 g/mol. The summed E-state index contributed by atoms with van der Waals surface area (Å²) < 4.78 is 4.74. The van der Waals surface area contributed by atoms with Crippen LogP contribution in [0.2, 0.25) is 0 Å². The van der Waals surface area contributed by atoms with Crippen LogP contribution in [0.1, 0.15) is 34.1 Å². The zero-order chi connectivity index (χ0) is 11.7. The summed E-state index contributed by atoms with van der Waals surface area (Å²) in [6, 6.07) is 0.494. The molecule has 0 aliphatic carbocycles. The Morgan fingerprint density at radius 1 is 1.27 bits per heavy atom. The lowest BCUT2D eigenvalue weighted by Gasteiger charge is -2.15. The molecule has 0 heterocycles. The zero-order valence-corrected chi connectivity index (χ0v) is 10.3. The Morgan fingerprint density at radius 3 is 2.47 bits per heavy atom. The summed E-state index contributed by atoms with van der Waals surface area (Å²) in [7, 11) is 0. The van der Waals surface area contributed by atoms with E-state index in [-0.39, 0.29) is 6.09 Å². The molecule has 0 radical (unpaired) electrons. The maximum Gasteiger partial charge on any atom is 0.407 e. The summed E-state index contributed by atoms with van der Waals surface area (Å²) in [6.07, 6.45) is 0.815. The van der Waals surface area contributed by atoms with Crippen molar-refractivity contribution in [1.82, 2.24) is 10.6 Å². The van der Waals surface area contributed by atoms with Gasteiger partial charge in [0.25, 0.3) is 0 Å². The van der Waals surface area contributed by atoms with Gasteiger partial charge in [-0.25, -0.2) is 4.79 Å². The van der Waals surface area contributed by atoms with E-state index in [1.165, 1.54) is 0 Å². The highest BCUT2D eigenvalue weighted by Gasteiger charge is 2.04. The molecule has 0 spiro atoms. The molecule has 0 aliphatic rings. The molecule has 0 rings (SSSR count). The lowest BCUT2D eigenvalue weighted by atomic mass is 10.1. The van der Waals surface area contributed by atoms with Gasteiger partial charge in [0.2, 0.25) is 0 Å². The van der Waals surface area contributed by atoms with E-state index >= 15 is 0 Å². The molecule has 0 aromatic rings. The van der Waals surface area contributed by atoms with Gasteiger partial charge in [-0.05, 0) is 26.2 Å². The molecular formula is C11H24N2O2. The van der Waals surface area contributed by atoms with Gasteiger partial charge in [0.05, 0.1) is 6.61 Å². The van der Waals surface area contributed by atoms with Crippen molar-refractivity contribution in [2.24, 2.45) is 5.92 Å². The standard InChI is InChI=1S/C11H24N2O2/c1-5-15-11(14)13-7-6-12-10(4)8-9(2)3/h9-10,12H,5-8H2,1-4H3,(H,13,14). The number of carbonyl (C=O) groups is 1. The van der Waals surface area contributed by atoms with Crippen LogP contribution >= 0.6 is 0 Å². The van der Waals surface area contributed by atoms with Gasteiger partial charge in [0.1, 0.15) is 0 Å². The molecule has 0 aromatic heterocycles. The summed E-state index contributed by atoms with van der Waals surface area (Å²) in [5.41, 5.74) is 0. The molecule has 1 atom stereocenters. The van der Waals surface area contributed by atoms with Gasteiger partial charge in [-0.3, -0.25) is 0 Å². The number of rotatable bonds is 7. The highest BCUT2D eigenvalue weighted by molar-refractivity contribution is 5.66. The van der Waals surface area contributed by atoms with Gasteiger partial charge >= 0.3 is 6.09 Å². The van der Waals surface area contributed by atoms with Crippen LogP contribution in [-0.4, -0.2) is 31.8 Å². The van der Waals surface area contributed by atoms with Gasteiger partial charge in [0, 0.05) is 19.1 Å². The molecule has 2 N–H and O–H groups in total. The first-order chi connectivity index (χ1) is 7.06. The Balaban J connectivity index is 3.34. The Morgan fingerprint density at radius 2 is 1.93 bits per heavy atom. The number of nitrogens with one attached hydrogen (secondary N) is 2. The van der Waals surface area contributed by atoms with Crippen molar-refractivity contribution in [3.63, 3.8) is 0 Å². The van der Waals surface area contributed by atoms with Crippen LogP contribution in [0, 0.1) is 5.92 Å². The van der Waals surface area contributed by atoms with Crippen LogP contribution in [0.4, 0.5) is 4.79 Å². The zero-order valence-electron chi connectivity index (χ0n) is 10.3. The van der Waals surface area contributed by atoms with Gasteiger partial charge < -0.3 is 15.4 Å². The van der Waals surface area contributed by atoms with Crippen LogP contribution in [0.15, 0.2) is 0 Å². The highest BCUT2D eigenvalue weighted by atomic mass is 16.5. The molecule has 0 aromatic carbocycles. The van der Waals surface area contributed by atoms with Gasteiger partial charge in [0.15, 0.2) is 0 Å². The quantitative estimate of drug-likeness (QED) is 0.638. The Kier molecular flexibility index (Phi) is 8.09. The van der Waals surface area contributed by atoms with Crippen molar-refractivity contribution >= 4 is 6.09 Å².